The fraction of sp³-hybridized carbons (Fsp3) is 0.417. The molecule has 0 fully saturated rings. The van der Waals surface area contributed by atoms with Crippen LogP contribution in [-0.2, 0) is 4.74 Å². The highest BCUT2D eigenvalue weighted by Gasteiger charge is 2.27. The Morgan fingerprint density at radius 3 is 2.75 bits per heavy atom. The van der Waals surface area contributed by atoms with Crippen molar-refractivity contribution in [1.82, 2.24) is 0 Å². The van der Waals surface area contributed by atoms with Crippen molar-refractivity contribution in [3.05, 3.63) is 28.8 Å². The van der Waals surface area contributed by atoms with Crippen LogP contribution < -0.4 is 4.74 Å². The Bertz CT molecular complexity index is 441. The molecule has 0 amide bonds. The summed E-state index contributed by atoms with van der Waals surface area (Å²) in [5.41, 5.74) is 0.745. The number of nitrogens with zero attached hydrogens (tertiary/aromatic N) is 1. The zero-order chi connectivity index (χ0) is 11.8. The van der Waals surface area contributed by atoms with Crippen molar-refractivity contribution in [2.75, 3.05) is 13.7 Å². The SMILES string of the molecule is COc1cc(C2=NC(C)(C)CO2)ccc1Cl. The number of aliphatic imine (C=N–C) groups is 1. The smallest absolute Gasteiger partial charge is 0.216 e. The van der Waals surface area contributed by atoms with E-state index in [1.165, 1.54) is 0 Å². The van der Waals surface area contributed by atoms with Gasteiger partial charge in [-0.2, -0.15) is 0 Å². The molecule has 1 aliphatic rings. The number of benzene rings is 1. The zero-order valence-electron chi connectivity index (χ0n) is 9.58. The normalized spacial score (nSPS) is 17.9. The predicted molar refractivity (Wildman–Crippen MR) is 64.6 cm³/mol. The third-order valence-electron chi connectivity index (χ3n) is 2.36. The van der Waals surface area contributed by atoms with Crippen LogP contribution in [0.25, 0.3) is 0 Å². The van der Waals surface area contributed by atoms with Crippen LogP contribution in [0.2, 0.25) is 5.02 Å². The summed E-state index contributed by atoms with van der Waals surface area (Å²) in [7, 11) is 1.59. The van der Waals surface area contributed by atoms with Gasteiger partial charge >= 0.3 is 0 Å². The second-order valence-corrected chi connectivity index (χ2v) is 4.77. The molecule has 0 N–H and O–H groups in total. The summed E-state index contributed by atoms with van der Waals surface area (Å²) < 4.78 is 10.7. The quantitative estimate of drug-likeness (QED) is 0.795. The van der Waals surface area contributed by atoms with Crippen molar-refractivity contribution >= 4 is 17.5 Å². The van der Waals surface area contributed by atoms with Crippen molar-refractivity contribution in [2.24, 2.45) is 4.99 Å². The molecule has 1 aromatic rings. The molecule has 2 rings (SSSR count). The summed E-state index contributed by atoms with van der Waals surface area (Å²) in [6, 6.07) is 5.50. The van der Waals surface area contributed by atoms with Gasteiger partial charge < -0.3 is 9.47 Å². The monoisotopic (exact) mass is 239 g/mol. The van der Waals surface area contributed by atoms with Gasteiger partial charge in [-0.15, -0.1) is 0 Å². The fourth-order valence-corrected chi connectivity index (χ4v) is 1.72. The first-order valence-corrected chi connectivity index (χ1v) is 5.46. The summed E-state index contributed by atoms with van der Waals surface area (Å²) in [4.78, 5) is 4.49. The number of hydrogen-bond acceptors (Lipinski definition) is 3. The molecule has 3 nitrogen and oxygen atoms in total. The number of ether oxygens (including phenoxy) is 2. The van der Waals surface area contributed by atoms with Crippen molar-refractivity contribution in [1.29, 1.82) is 0 Å². The minimum Gasteiger partial charge on any atom is -0.495 e. The molecule has 0 radical (unpaired) electrons. The van der Waals surface area contributed by atoms with Crippen LogP contribution in [0.1, 0.15) is 19.4 Å². The van der Waals surface area contributed by atoms with Crippen LogP contribution in [0.4, 0.5) is 0 Å². The molecule has 0 aliphatic carbocycles. The first-order valence-electron chi connectivity index (χ1n) is 5.08. The van der Waals surface area contributed by atoms with E-state index in [9.17, 15) is 0 Å². The van der Waals surface area contributed by atoms with Gasteiger partial charge in [-0.05, 0) is 32.0 Å². The lowest BCUT2D eigenvalue weighted by Crippen LogP contribution is -2.17. The van der Waals surface area contributed by atoms with E-state index < -0.39 is 0 Å². The van der Waals surface area contributed by atoms with E-state index in [4.69, 9.17) is 21.1 Å². The van der Waals surface area contributed by atoms with E-state index >= 15 is 0 Å². The van der Waals surface area contributed by atoms with Gasteiger partial charge in [0, 0.05) is 5.56 Å². The first kappa shape index (κ1) is 11.3. The molecule has 0 spiro atoms. The molecule has 1 heterocycles. The Kier molecular flexibility index (Phi) is 2.80. The maximum absolute atomic E-state index is 5.95. The van der Waals surface area contributed by atoms with Gasteiger partial charge in [-0.3, -0.25) is 0 Å². The Hall–Kier alpha value is -1.22. The molecular formula is C12H14ClNO2. The molecule has 4 heteroatoms. The van der Waals surface area contributed by atoms with E-state index in [-0.39, 0.29) is 5.54 Å². The second-order valence-electron chi connectivity index (χ2n) is 4.37. The highest BCUT2D eigenvalue weighted by molar-refractivity contribution is 6.32. The van der Waals surface area contributed by atoms with Crippen LogP contribution >= 0.6 is 11.6 Å². The van der Waals surface area contributed by atoms with Gasteiger partial charge in [-0.25, -0.2) is 4.99 Å². The summed E-state index contributed by atoms with van der Waals surface area (Å²) in [5, 5.41) is 0.587. The maximum Gasteiger partial charge on any atom is 0.216 e. The molecule has 1 aliphatic heterocycles. The molecule has 0 saturated heterocycles. The van der Waals surface area contributed by atoms with Crippen molar-refractivity contribution in [3.63, 3.8) is 0 Å². The summed E-state index contributed by atoms with van der Waals surface area (Å²) in [6.07, 6.45) is 0. The third kappa shape index (κ3) is 2.14. The standard InChI is InChI=1S/C12H14ClNO2/c1-12(2)7-16-11(14-12)8-4-5-9(13)10(6-8)15-3/h4-6H,7H2,1-3H3. The number of hydrogen-bond donors (Lipinski definition) is 0. The zero-order valence-corrected chi connectivity index (χ0v) is 10.3. The van der Waals surface area contributed by atoms with Crippen LogP contribution in [0.3, 0.4) is 0 Å². The molecule has 0 aromatic heterocycles. The molecule has 86 valence electrons. The lowest BCUT2D eigenvalue weighted by atomic mass is 10.1. The highest BCUT2D eigenvalue weighted by Crippen LogP contribution is 2.27. The molecule has 0 saturated carbocycles. The van der Waals surface area contributed by atoms with Gasteiger partial charge in [-0.1, -0.05) is 11.6 Å². The van der Waals surface area contributed by atoms with Crippen LogP contribution in [0.5, 0.6) is 5.75 Å². The van der Waals surface area contributed by atoms with E-state index in [1.807, 2.05) is 26.0 Å². The van der Waals surface area contributed by atoms with Crippen molar-refractivity contribution < 1.29 is 9.47 Å². The topological polar surface area (TPSA) is 30.8 Å². The number of rotatable bonds is 2. The average Bonchev–Trinajstić information content (AvgIpc) is 2.59. The van der Waals surface area contributed by atoms with Gasteiger partial charge in [0.25, 0.3) is 0 Å². The molecular weight excluding hydrogens is 226 g/mol. The summed E-state index contributed by atoms with van der Waals surface area (Å²) in [6.45, 7) is 4.67. The predicted octanol–water partition coefficient (Wildman–Crippen LogP) is 2.90. The van der Waals surface area contributed by atoms with E-state index in [1.54, 1.807) is 13.2 Å². The van der Waals surface area contributed by atoms with Crippen LogP contribution in [0, 0.1) is 0 Å². The molecule has 0 bridgehead atoms. The Morgan fingerprint density at radius 1 is 1.44 bits per heavy atom. The van der Waals surface area contributed by atoms with E-state index in [0.29, 0.717) is 23.3 Å². The summed E-state index contributed by atoms with van der Waals surface area (Å²) >= 11 is 5.95. The largest absolute Gasteiger partial charge is 0.495 e. The maximum atomic E-state index is 5.95. The Labute approximate surface area is 100 Å². The fourth-order valence-electron chi connectivity index (χ4n) is 1.53. The van der Waals surface area contributed by atoms with E-state index in [2.05, 4.69) is 4.99 Å². The molecule has 0 unspecified atom stereocenters. The molecule has 1 aromatic carbocycles. The highest BCUT2D eigenvalue weighted by atomic mass is 35.5. The minimum absolute atomic E-state index is 0.151. The Balaban J connectivity index is 2.35. The van der Waals surface area contributed by atoms with Crippen molar-refractivity contribution in [3.8, 4) is 5.75 Å². The van der Waals surface area contributed by atoms with Crippen molar-refractivity contribution in [2.45, 2.75) is 19.4 Å². The van der Waals surface area contributed by atoms with Gasteiger partial charge in [0.15, 0.2) is 0 Å². The second kappa shape index (κ2) is 3.98. The minimum atomic E-state index is -0.151. The average molecular weight is 240 g/mol. The van der Waals surface area contributed by atoms with Crippen LogP contribution in [-0.4, -0.2) is 25.2 Å². The van der Waals surface area contributed by atoms with Crippen LogP contribution in [0.15, 0.2) is 23.2 Å². The molecule has 0 atom stereocenters. The van der Waals surface area contributed by atoms with Gasteiger partial charge in [0.2, 0.25) is 5.90 Å². The first-order chi connectivity index (χ1) is 7.52. The van der Waals surface area contributed by atoms with Gasteiger partial charge in [0.05, 0.1) is 17.7 Å². The third-order valence-corrected chi connectivity index (χ3v) is 2.68. The lowest BCUT2D eigenvalue weighted by Gasteiger charge is -2.07. The van der Waals surface area contributed by atoms with Gasteiger partial charge in [0.1, 0.15) is 12.4 Å². The summed E-state index contributed by atoms with van der Waals surface area (Å²) in [5.74, 6) is 1.29. The molecule has 16 heavy (non-hydrogen) atoms. The number of halogens is 1. The lowest BCUT2D eigenvalue weighted by molar-refractivity contribution is 0.279. The number of methoxy groups -OCH3 is 1. The van der Waals surface area contributed by atoms with E-state index in [0.717, 1.165) is 5.56 Å². The Morgan fingerprint density at radius 2 is 2.19 bits per heavy atom.